The molecule has 0 saturated carbocycles. The highest BCUT2D eigenvalue weighted by Gasteiger charge is 2.53. The third-order valence-corrected chi connectivity index (χ3v) is 9.48. The zero-order valence-electron chi connectivity index (χ0n) is 16.5. The van der Waals surface area contributed by atoms with Crippen LogP contribution in [-0.4, -0.2) is 54.2 Å². The lowest BCUT2D eigenvalue weighted by Crippen LogP contribution is -2.52. The first-order valence-electron chi connectivity index (χ1n) is 8.41. The van der Waals surface area contributed by atoms with Crippen molar-refractivity contribution in [2.24, 2.45) is 0 Å². The van der Waals surface area contributed by atoms with Gasteiger partial charge in [-0.3, -0.25) is 4.90 Å². The summed E-state index contributed by atoms with van der Waals surface area (Å²) in [5, 5.41) is 9.69. The Morgan fingerprint density at radius 1 is 1.17 bits per heavy atom. The first-order valence-corrected chi connectivity index (χ1v) is 11.3. The zero-order valence-corrected chi connectivity index (χ0v) is 17.5. The first kappa shape index (κ1) is 21.0. The predicted molar refractivity (Wildman–Crippen MR) is 95.7 cm³/mol. The minimum absolute atomic E-state index is 0.0198. The molecule has 1 aliphatic rings. The molecule has 140 valence electrons. The van der Waals surface area contributed by atoms with Crippen molar-refractivity contribution in [1.82, 2.24) is 4.90 Å². The minimum atomic E-state index is -2.05. The lowest BCUT2D eigenvalue weighted by atomic mass is 9.99. The number of amides is 1. The molecule has 6 nitrogen and oxygen atoms in total. The van der Waals surface area contributed by atoms with Crippen molar-refractivity contribution in [2.75, 3.05) is 6.54 Å². The predicted octanol–water partition coefficient (Wildman–Crippen LogP) is 3.86. The molecule has 0 radical (unpaired) electrons. The fourth-order valence-electron chi connectivity index (χ4n) is 2.49. The molecule has 1 saturated heterocycles. The van der Waals surface area contributed by atoms with Gasteiger partial charge in [0.2, 0.25) is 0 Å². The Morgan fingerprint density at radius 2 is 1.67 bits per heavy atom. The third kappa shape index (κ3) is 4.50. The number of aliphatic carboxylic acids is 1. The van der Waals surface area contributed by atoms with Crippen LogP contribution in [0.15, 0.2) is 0 Å². The van der Waals surface area contributed by atoms with Gasteiger partial charge in [-0.05, 0) is 45.8 Å². The van der Waals surface area contributed by atoms with E-state index in [1.54, 1.807) is 27.7 Å². The van der Waals surface area contributed by atoms with Gasteiger partial charge in [-0.25, -0.2) is 9.59 Å². The van der Waals surface area contributed by atoms with E-state index in [0.29, 0.717) is 0 Å². The molecule has 0 aromatic carbocycles. The van der Waals surface area contributed by atoms with Gasteiger partial charge in [0.05, 0.1) is 12.6 Å². The normalized spacial score (nSPS) is 25.7. The summed E-state index contributed by atoms with van der Waals surface area (Å²) in [4.78, 5) is 25.6. The summed E-state index contributed by atoms with van der Waals surface area (Å²) in [5.74, 6) is -1.03. The molecule has 24 heavy (non-hydrogen) atoms. The van der Waals surface area contributed by atoms with Gasteiger partial charge >= 0.3 is 12.1 Å². The van der Waals surface area contributed by atoms with Crippen LogP contribution in [0.5, 0.6) is 0 Å². The highest BCUT2D eigenvalue weighted by Crippen LogP contribution is 2.41. The molecule has 1 aliphatic heterocycles. The maximum atomic E-state index is 12.5. The van der Waals surface area contributed by atoms with Crippen LogP contribution in [0.3, 0.4) is 0 Å². The molecule has 2 atom stereocenters. The first-order chi connectivity index (χ1) is 10.5. The fourth-order valence-corrected chi connectivity index (χ4v) is 3.84. The molecular weight excluding hydrogens is 326 g/mol. The maximum absolute atomic E-state index is 12.5. The van der Waals surface area contributed by atoms with E-state index >= 15 is 0 Å². The molecule has 0 aliphatic carbocycles. The number of carboxylic acids is 1. The minimum Gasteiger partial charge on any atom is -0.480 e. The Morgan fingerprint density at radius 3 is 2.04 bits per heavy atom. The molecule has 0 aromatic heterocycles. The number of carbonyl (C=O) groups is 2. The number of hydrogen-bond donors (Lipinski definition) is 1. The Labute approximate surface area is 146 Å². The number of ether oxygens (including phenoxy) is 1. The van der Waals surface area contributed by atoms with Gasteiger partial charge in [-0.1, -0.05) is 20.8 Å². The van der Waals surface area contributed by atoms with Crippen molar-refractivity contribution in [1.29, 1.82) is 0 Å². The van der Waals surface area contributed by atoms with Crippen molar-refractivity contribution in [2.45, 2.75) is 90.3 Å². The molecule has 1 heterocycles. The number of carboxylic acid groups (broad SMARTS) is 1. The molecular formula is C17H33NO5Si. The van der Waals surface area contributed by atoms with Gasteiger partial charge in [0, 0.05) is 6.42 Å². The molecule has 1 N–H and O–H groups in total. The van der Waals surface area contributed by atoms with Gasteiger partial charge in [-0.15, -0.1) is 0 Å². The Bertz CT molecular complexity index is 506. The van der Waals surface area contributed by atoms with Crippen LogP contribution in [0.25, 0.3) is 0 Å². The van der Waals surface area contributed by atoms with Gasteiger partial charge in [0.1, 0.15) is 11.1 Å². The Hall–Kier alpha value is -1.08. The number of nitrogens with zero attached hydrogens (tertiary/aromatic N) is 1. The summed E-state index contributed by atoms with van der Waals surface area (Å²) < 4.78 is 11.7. The average molecular weight is 360 g/mol. The van der Waals surface area contributed by atoms with Crippen LogP contribution < -0.4 is 0 Å². The van der Waals surface area contributed by atoms with Gasteiger partial charge in [-0.2, -0.15) is 0 Å². The highest BCUT2D eigenvalue weighted by molar-refractivity contribution is 6.74. The number of carbonyl (C=O) groups excluding carboxylic acids is 1. The Balaban J connectivity index is 3.01. The van der Waals surface area contributed by atoms with Gasteiger partial charge in [0.25, 0.3) is 0 Å². The van der Waals surface area contributed by atoms with Crippen molar-refractivity contribution in [3.05, 3.63) is 0 Å². The highest BCUT2D eigenvalue weighted by atomic mass is 28.4. The van der Waals surface area contributed by atoms with Gasteiger partial charge < -0.3 is 14.3 Å². The second-order valence-corrected chi connectivity index (χ2v) is 14.1. The smallest absolute Gasteiger partial charge is 0.411 e. The molecule has 0 unspecified atom stereocenters. The summed E-state index contributed by atoms with van der Waals surface area (Å²) in [6, 6.07) is 0. The summed E-state index contributed by atoms with van der Waals surface area (Å²) in [6.07, 6.45) is -0.623. The van der Waals surface area contributed by atoms with Crippen LogP contribution in [0.4, 0.5) is 4.79 Å². The summed E-state index contributed by atoms with van der Waals surface area (Å²) >= 11 is 0. The van der Waals surface area contributed by atoms with Crippen LogP contribution in [0, 0.1) is 0 Å². The number of hydrogen-bond acceptors (Lipinski definition) is 4. The molecule has 0 aromatic rings. The quantitative estimate of drug-likeness (QED) is 0.774. The van der Waals surface area contributed by atoms with E-state index in [0.717, 1.165) is 0 Å². The van der Waals surface area contributed by atoms with Crippen molar-refractivity contribution in [3.63, 3.8) is 0 Å². The molecule has 7 heteroatoms. The monoisotopic (exact) mass is 359 g/mol. The molecule has 1 fully saturated rings. The van der Waals surface area contributed by atoms with Crippen LogP contribution >= 0.6 is 0 Å². The lowest BCUT2D eigenvalue weighted by molar-refractivity contribution is -0.148. The van der Waals surface area contributed by atoms with E-state index in [2.05, 4.69) is 33.9 Å². The van der Waals surface area contributed by atoms with Crippen molar-refractivity contribution >= 4 is 20.4 Å². The summed E-state index contributed by atoms with van der Waals surface area (Å²) in [5.41, 5.74) is -1.98. The van der Waals surface area contributed by atoms with E-state index in [1.165, 1.54) is 4.90 Å². The third-order valence-electron chi connectivity index (χ3n) is 4.95. The summed E-state index contributed by atoms with van der Waals surface area (Å²) in [6.45, 7) is 17.8. The second kappa shape index (κ2) is 6.33. The van der Waals surface area contributed by atoms with E-state index in [-0.39, 0.29) is 24.1 Å². The summed E-state index contributed by atoms with van der Waals surface area (Å²) in [7, 11) is -2.05. The van der Waals surface area contributed by atoms with Crippen LogP contribution in [-0.2, 0) is 14.0 Å². The van der Waals surface area contributed by atoms with Gasteiger partial charge in [0.15, 0.2) is 8.32 Å². The van der Waals surface area contributed by atoms with Crippen molar-refractivity contribution < 1.29 is 23.9 Å². The SMILES string of the molecule is CC(C)(C)OC(=O)N1C[C@H](O[Si](C)(C)C(C)(C)C)C[C@@]1(C)C(=O)O. The van der Waals surface area contributed by atoms with E-state index < -0.39 is 31.5 Å². The molecule has 1 amide bonds. The van der Waals surface area contributed by atoms with E-state index in [1.807, 2.05) is 0 Å². The fraction of sp³-hybridized carbons (Fsp3) is 0.882. The number of rotatable bonds is 3. The second-order valence-electron chi connectivity index (χ2n) is 9.37. The molecule has 0 bridgehead atoms. The van der Waals surface area contributed by atoms with Crippen LogP contribution in [0.2, 0.25) is 18.1 Å². The largest absolute Gasteiger partial charge is 0.480 e. The maximum Gasteiger partial charge on any atom is 0.411 e. The average Bonchev–Trinajstić information content (AvgIpc) is 2.63. The number of likely N-dealkylation sites (tertiary alicyclic amines) is 1. The molecule has 1 rings (SSSR count). The lowest BCUT2D eigenvalue weighted by Gasteiger charge is -2.38. The molecule has 0 spiro atoms. The van der Waals surface area contributed by atoms with Crippen LogP contribution in [0.1, 0.15) is 54.9 Å². The van der Waals surface area contributed by atoms with E-state index in [9.17, 15) is 14.7 Å². The standard InChI is InChI=1S/C17H33NO5Si/c1-15(2,3)22-14(21)18-11-12(10-17(18,7)13(19)20)23-24(8,9)16(4,5)6/h12H,10-11H2,1-9H3,(H,19,20)/t12-,17+/m1/s1. The zero-order chi connectivity index (χ0) is 19.1. The van der Waals surface area contributed by atoms with Crippen molar-refractivity contribution in [3.8, 4) is 0 Å². The Kier molecular flexibility index (Phi) is 5.53. The van der Waals surface area contributed by atoms with E-state index in [4.69, 9.17) is 9.16 Å². The topological polar surface area (TPSA) is 76.1 Å².